The second-order valence-corrected chi connectivity index (χ2v) is 4.20. The molecule has 1 amide bonds. The molecule has 3 nitrogen and oxygen atoms in total. The van der Waals surface area contributed by atoms with Gasteiger partial charge in [-0.05, 0) is 24.6 Å². The number of nitrogens with one attached hydrogen (secondary N) is 1. The first-order chi connectivity index (χ1) is 8.54. The standard InChI is InChI=1S/C13H18F2N2O/c1-2-3-4-12(16)13(18)17-8-9-7-10(14)5-6-11(9)15/h5-7,12H,2-4,8,16H2,1H3,(H,17,18)/t12-/m0/s1. The number of hydrogen-bond acceptors (Lipinski definition) is 2. The highest BCUT2D eigenvalue weighted by atomic mass is 19.1. The van der Waals surface area contributed by atoms with E-state index in [-0.39, 0.29) is 18.0 Å². The SMILES string of the molecule is CCCC[C@H](N)C(=O)NCc1cc(F)ccc1F. The smallest absolute Gasteiger partial charge is 0.237 e. The van der Waals surface area contributed by atoms with Crippen LogP contribution in [0.25, 0.3) is 0 Å². The van der Waals surface area contributed by atoms with Gasteiger partial charge in [0.25, 0.3) is 0 Å². The molecule has 0 aliphatic rings. The van der Waals surface area contributed by atoms with Gasteiger partial charge in [0.15, 0.2) is 0 Å². The van der Waals surface area contributed by atoms with Crippen LogP contribution >= 0.6 is 0 Å². The molecule has 0 saturated carbocycles. The van der Waals surface area contributed by atoms with Crippen molar-refractivity contribution in [2.24, 2.45) is 5.73 Å². The summed E-state index contributed by atoms with van der Waals surface area (Å²) >= 11 is 0. The zero-order chi connectivity index (χ0) is 13.5. The summed E-state index contributed by atoms with van der Waals surface area (Å²) in [6, 6.07) is 2.54. The van der Waals surface area contributed by atoms with Gasteiger partial charge in [0.2, 0.25) is 5.91 Å². The second-order valence-electron chi connectivity index (χ2n) is 4.20. The number of amides is 1. The maximum Gasteiger partial charge on any atom is 0.237 e. The number of nitrogens with two attached hydrogens (primary N) is 1. The van der Waals surface area contributed by atoms with Crippen molar-refractivity contribution in [1.82, 2.24) is 5.32 Å². The summed E-state index contributed by atoms with van der Waals surface area (Å²) in [4.78, 5) is 11.6. The molecule has 3 N–H and O–H groups in total. The lowest BCUT2D eigenvalue weighted by atomic mass is 10.1. The van der Waals surface area contributed by atoms with Gasteiger partial charge < -0.3 is 11.1 Å². The minimum absolute atomic E-state index is 0.0533. The normalized spacial score (nSPS) is 12.2. The number of halogens is 2. The van der Waals surface area contributed by atoms with E-state index in [0.29, 0.717) is 6.42 Å². The monoisotopic (exact) mass is 256 g/mol. The Labute approximate surface area is 105 Å². The molecule has 1 atom stereocenters. The summed E-state index contributed by atoms with van der Waals surface area (Å²) in [7, 11) is 0. The van der Waals surface area contributed by atoms with Gasteiger partial charge in [-0.2, -0.15) is 0 Å². The van der Waals surface area contributed by atoms with Gasteiger partial charge in [0, 0.05) is 12.1 Å². The number of hydrogen-bond donors (Lipinski definition) is 2. The fraction of sp³-hybridized carbons (Fsp3) is 0.462. The summed E-state index contributed by atoms with van der Waals surface area (Å²) in [5, 5.41) is 2.51. The minimum atomic E-state index is -0.596. The van der Waals surface area contributed by atoms with Crippen LogP contribution in [0.4, 0.5) is 8.78 Å². The Morgan fingerprint density at radius 3 is 2.83 bits per heavy atom. The molecule has 18 heavy (non-hydrogen) atoms. The van der Waals surface area contributed by atoms with Gasteiger partial charge in [0.1, 0.15) is 11.6 Å². The highest BCUT2D eigenvalue weighted by Crippen LogP contribution is 2.09. The Balaban J connectivity index is 2.49. The first-order valence-corrected chi connectivity index (χ1v) is 6.01. The summed E-state index contributed by atoms with van der Waals surface area (Å²) in [5.74, 6) is -1.41. The van der Waals surface area contributed by atoms with Crippen LogP contribution in [0.2, 0.25) is 0 Å². The quantitative estimate of drug-likeness (QED) is 0.819. The van der Waals surface area contributed by atoms with E-state index >= 15 is 0 Å². The Kier molecular flexibility index (Phi) is 5.71. The van der Waals surface area contributed by atoms with Gasteiger partial charge in [-0.15, -0.1) is 0 Å². The van der Waals surface area contributed by atoms with Crippen molar-refractivity contribution in [2.75, 3.05) is 0 Å². The third kappa shape index (κ3) is 4.41. The van der Waals surface area contributed by atoms with Gasteiger partial charge in [-0.25, -0.2) is 8.78 Å². The van der Waals surface area contributed by atoms with Crippen LogP contribution in [0.5, 0.6) is 0 Å². The van der Waals surface area contributed by atoms with Crippen molar-refractivity contribution in [3.63, 3.8) is 0 Å². The molecular formula is C13H18F2N2O. The lowest BCUT2D eigenvalue weighted by molar-refractivity contribution is -0.122. The first-order valence-electron chi connectivity index (χ1n) is 6.01. The number of unbranched alkanes of at least 4 members (excludes halogenated alkanes) is 1. The molecule has 100 valence electrons. The van der Waals surface area contributed by atoms with Gasteiger partial charge in [-0.1, -0.05) is 19.8 Å². The first kappa shape index (κ1) is 14.6. The molecule has 0 aliphatic carbocycles. The van der Waals surface area contributed by atoms with Crippen molar-refractivity contribution >= 4 is 5.91 Å². The Morgan fingerprint density at radius 2 is 2.17 bits per heavy atom. The van der Waals surface area contributed by atoms with Crippen LogP contribution in [0.3, 0.4) is 0 Å². The summed E-state index contributed by atoms with van der Waals surface area (Å²) in [6.45, 7) is 1.95. The van der Waals surface area contributed by atoms with Crippen LogP contribution in [-0.4, -0.2) is 11.9 Å². The van der Waals surface area contributed by atoms with E-state index in [4.69, 9.17) is 5.73 Å². The molecule has 1 aromatic rings. The average molecular weight is 256 g/mol. The zero-order valence-electron chi connectivity index (χ0n) is 10.4. The zero-order valence-corrected chi connectivity index (χ0v) is 10.4. The Morgan fingerprint density at radius 1 is 1.44 bits per heavy atom. The number of carbonyl (C=O) groups excluding carboxylic acids is 1. The number of carbonyl (C=O) groups is 1. The van der Waals surface area contributed by atoms with Crippen LogP contribution in [0.15, 0.2) is 18.2 Å². The molecule has 0 aromatic heterocycles. The molecule has 0 unspecified atom stereocenters. The summed E-state index contributed by atoms with van der Waals surface area (Å²) in [6.07, 6.45) is 2.41. The van der Waals surface area contributed by atoms with Gasteiger partial charge in [-0.3, -0.25) is 4.79 Å². The molecule has 0 radical (unpaired) electrons. The van der Waals surface area contributed by atoms with E-state index in [1.54, 1.807) is 0 Å². The maximum atomic E-state index is 13.3. The molecule has 0 bridgehead atoms. The van der Waals surface area contributed by atoms with Crippen LogP contribution in [0, 0.1) is 11.6 Å². The van der Waals surface area contributed by atoms with Crippen molar-refractivity contribution < 1.29 is 13.6 Å². The topological polar surface area (TPSA) is 55.1 Å². The lowest BCUT2D eigenvalue weighted by Crippen LogP contribution is -2.40. The van der Waals surface area contributed by atoms with E-state index in [1.807, 2.05) is 6.92 Å². The third-order valence-electron chi connectivity index (χ3n) is 2.67. The molecule has 0 heterocycles. The molecule has 0 aliphatic heterocycles. The molecule has 5 heteroatoms. The second kappa shape index (κ2) is 7.06. The number of benzene rings is 1. The fourth-order valence-corrected chi connectivity index (χ4v) is 1.55. The molecule has 0 spiro atoms. The molecule has 0 saturated heterocycles. The largest absolute Gasteiger partial charge is 0.351 e. The maximum absolute atomic E-state index is 13.3. The molecule has 1 aromatic carbocycles. The van der Waals surface area contributed by atoms with Crippen molar-refractivity contribution in [3.05, 3.63) is 35.4 Å². The Bertz CT molecular complexity index is 410. The van der Waals surface area contributed by atoms with Crippen molar-refractivity contribution in [3.8, 4) is 0 Å². The predicted octanol–water partition coefficient (Wildman–Crippen LogP) is 2.10. The van der Waals surface area contributed by atoms with Crippen LogP contribution in [0.1, 0.15) is 31.7 Å². The fourth-order valence-electron chi connectivity index (χ4n) is 1.55. The number of rotatable bonds is 6. The average Bonchev–Trinajstić information content (AvgIpc) is 2.36. The summed E-state index contributed by atoms with van der Waals surface area (Å²) < 4.78 is 26.2. The molecule has 1 rings (SSSR count). The van der Waals surface area contributed by atoms with E-state index in [9.17, 15) is 13.6 Å². The molecule has 0 fully saturated rings. The Hall–Kier alpha value is -1.49. The summed E-state index contributed by atoms with van der Waals surface area (Å²) in [5.41, 5.74) is 5.77. The van der Waals surface area contributed by atoms with Crippen molar-refractivity contribution in [1.29, 1.82) is 0 Å². The highest BCUT2D eigenvalue weighted by molar-refractivity contribution is 5.81. The van der Waals surface area contributed by atoms with E-state index in [2.05, 4.69) is 5.32 Å². The highest BCUT2D eigenvalue weighted by Gasteiger charge is 2.13. The lowest BCUT2D eigenvalue weighted by Gasteiger charge is -2.12. The van der Waals surface area contributed by atoms with E-state index in [1.165, 1.54) is 0 Å². The molecular weight excluding hydrogens is 238 g/mol. The predicted molar refractivity (Wildman–Crippen MR) is 65.7 cm³/mol. The third-order valence-corrected chi connectivity index (χ3v) is 2.67. The van der Waals surface area contributed by atoms with E-state index in [0.717, 1.165) is 31.0 Å². The van der Waals surface area contributed by atoms with Gasteiger partial charge in [0.05, 0.1) is 6.04 Å². The minimum Gasteiger partial charge on any atom is -0.351 e. The van der Waals surface area contributed by atoms with Gasteiger partial charge >= 0.3 is 0 Å². The van der Waals surface area contributed by atoms with E-state index < -0.39 is 17.7 Å². The van der Waals surface area contributed by atoms with Crippen LogP contribution in [-0.2, 0) is 11.3 Å². The van der Waals surface area contributed by atoms with Crippen LogP contribution < -0.4 is 11.1 Å². The van der Waals surface area contributed by atoms with Crippen molar-refractivity contribution in [2.45, 2.75) is 38.8 Å².